The quantitative estimate of drug-likeness (QED) is 0.753. The van der Waals surface area contributed by atoms with Crippen LogP contribution < -0.4 is 10.1 Å². The van der Waals surface area contributed by atoms with Crippen molar-refractivity contribution in [1.82, 2.24) is 5.32 Å². The third-order valence-electron chi connectivity index (χ3n) is 3.89. The predicted octanol–water partition coefficient (Wildman–Crippen LogP) is 4.69. The molecule has 0 unspecified atom stereocenters. The molecule has 0 aliphatic heterocycles. The molecule has 1 aliphatic carbocycles. The second-order valence-corrected chi connectivity index (χ2v) is 6.51. The van der Waals surface area contributed by atoms with E-state index < -0.39 is 0 Å². The van der Waals surface area contributed by atoms with Gasteiger partial charge >= 0.3 is 0 Å². The Kier molecular flexibility index (Phi) is 6.55. The molecule has 0 spiro atoms. The zero-order valence-corrected chi connectivity index (χ0v) is 14.2. The number of ether oxygens (including phenoxy) is 1. The summed E-state index contributed by atoms with van der Waals surface area (Å²) in [5.74, 6) is 0.820. The largest absolute Gasteiger partial charge is 0.492 e. The summed E-state index contributed by atoms with van der Waals surface area (Å²) in [6, 6.07) is 5.89. The summed E-state index contributed by atoms with van der Waals surface area (Å²) in [6.45, 7) is 2.85. The van der Waals surface area contributed by atoms with Crippen LogP contribution in [0.2, 0.25) is 0 Å². The van der Waals surface area contributed by atoms with E-state index in [1.165, 1.54) is 19.3 Å². The second-order valence-electron chi connectivity index (χ2n) is 5.66. The molecule has 1 saturated carbocycles. The summed E-state index contributed by atoms with van der Waals surface area (Å²) in [5, 5.41) is 3.13. The standard InChI is InChI=1S/C17H24BrNO2/c1-2-3-11-21-16-10-9-13(12-15(16)18)17(20)19-14-7-5-4-6-8-14/h9-10,12,14H,2-8,11H2,1H3,(H,19,20). The third kappa shape index (κ3) is 5.03. The van der Waals surface area contributed by atoms with Gasteiger partial charge in [-0.25, -0.2) is 0 Å². The lowest BCUT2D eigenvalue weighted by Gasteiger charge is -2.22. The molecular formula is C17H24BrNO2. The molecule has 4 heteroatoms. The Hall–Kier alpha value is -1.03. The molecule has 1 aromatic rings. The number of unbranched alkanes of at least 4 members (excludes halogenated alkanes) is 1. The van der Waals surface area contributed by atoms with Crippen LogP contribution in [0.15, 0.2) is 22.7 Å². The molecule has 1 fully saturated rings. The van der Waals surface area contributed by atoms with Gasteiger partial charge < -0.3 is 10.1 Å². The van der Waals surface area contributed by atoms with Crippen LogP contribution in [-0.4, -0.2) is 18.6 Å². The number of amides is 1. The molecule has 0 bridgehead atoms. The third-order valence-corrected chi connectivity index (χ3v) is 4.51. The SMILES string of the molecule is CCCCOc1ccc(C(=O)NC2CCCCC2)cc1Br. The van der Waals surface area contributed by atoms with Gasteiger partial charge in [0.1, 0.15) is 5.75 Å². The number of hydrogen-bond donors (Lipinski definition) is 1. The summed E-state index contributed by atoms with van der Waals surface area (Å²) in [4.78, 5) is 12.3. The summed E-state index contributed by atoms with van der Waals surface area (Å²) in [7, 11) is 0. The Morgan fingerprint density at radius 1 is 1.33 bits per heavy atom. The molecule has 0 saturated heterocycles. The molecule has 116 valence electrons. The Morgan fingerprint density at radius 3 is 2.76 bits per heavy atom. The first-order chi connectivity index (χ1) is 10.2. The van der Waals surface area contributed by atoms with Crippen LogP contribution in [0.25, 0.3) is 0 Å². The van der Waals surface area contributed by atoms with Gasteiger partial charge in [-0.3, -0.25) is 4.79 Å². The van der Waals surface area contributed by atoms with Crippen molar-refractivity contribution in [3.05, 3.63) is 28.2 Å². The first-order valence-electron chi connectivity index (χ1n) is 7.94. The molecule has 0 atom stereocenters. The Balaban J connectivity index is 1.93. The van der Waals surface area contributed by atoms with Gasteiger partial charge in [-0.2, -0.15) is 0 Å². The topological polar surface area (TPSA) is 38.3 Å². The van der Waals surface area contributed by atoms with Crippen molar-refractivity contribution in [3.8, 4) is 5.75 Å². The van der Waals surface area contributed by atoms with E-state index in [4.69, 9.17) is 4.74 Å². The Morgan fingerprint density at radius 2 is 2.10 bits per heavy atom. The van der Waals surface area contributed by atoms with Crippen LogP contribution in [0.1, 0.15) is 62.2 Å². The lowest BCUT2D eigenvalue weighted by atomic mass is 9.95. The normalized spacial score (nSPS) is 15.7. The van der Waals surface area contributed by atoms with Crippen molar-refractivity contribution in [2.45, 2.75) is 57.9 Å². The van der Waals surface area contributed by atoms with E-state index in [1.54, 1.807) is 0 Å². The van der Waals surface area contributed by atoms with Gasteiger partial charge in [-0.05, 0) is 53.4 Å². The van der Waals surface area contributed by atoms with E-state index in [1.807, 2.05) is 18.2 Å². The average molecular weight is 354 g/mol. The minimum absolute atomic E-state index is 0.0164. The highest BCUT2D eigenvalue weighted by atomic mass is 79.9. The predicted molar refractivity (Wildman–Crippen MR) is 88.9 cm³/mol. The van der Waals surface area contributed by atoms with Crippen LogP contribution in [0, 0.1) is 0 Å². The summed E-state index contributed by atoms with van der Waals surface area (Å²) in [5.41, 5.74) is 0.690. The van der Waals surface area contributed by atoms with Gasteiger partial charge in [0.05, 0.1) is 11.1 Å². The smallest absolute Gasteiger partial charge is 0.251 e. The highest BCUT2D eigenvalue weighted by Crippen LogP contribution is 2.26. The molecule has 1 aromatic carbocycles. The number of nitrogens with one attached hydrogen (secondary N) is 1. The highest BCUT2D eigenvalue weighted by Gasteiger charge is 2.17. The maximum atomic E-state index is 12.3. The lowest BCUT2D eigenvalue weighted by molar-refractivity contribution is 0.0927. The summed E-state index contributed by atoms with van der Waals surface area (Å²) < 4.78 is 6.53. The molecule has 3 nitrogen and oxygen atoms in total. The van der Waals surface area contributed by atoms with Gasteiger partial charge in [-0.15, -0.1) is 0 Å². The fourth-order valence-corrected chi connectivity index (χ4v) is 3.09. The number of halogens is 1. The molecule has 0 aromatic heterocycles. The van der Waals surface area contributed by atoms with Crippen LogP contribution in [0.5, 0.6) is 5.75 Å². The van der Waals surface area contributed by atoms with Gasteiger partial charge in [0.15, 0.2) is 0 Å². The highest BCUT2D eigenvalue weighted by molar-refractivity contribution is 9.10. The Bertz CT molecular complexity index is 470. The van der Waals surface area contributed by atoms with Gasteiger partial charge in [0.25, 0.3) is 5.91 Å². The second kappa shape index (κ2) is 8.42. The minimum Gasteiger partial charge on any atom is -0.492 e. The van der Waals surface area contributed by atoms with E-state index in [-0.39, 0.29) is 5.91 Å². The van der Waals surface area contributed by atoms with Crippen LogP contribution in [0.4, 0.5) is 0 Å². The van der Waals surface area contributed by atoms with E-state index in [9.17, 15) is 4.79 Å². The van der Waals surface area contributed by atoms with Crippen molar-refractivity contribution in [2.75, 3.05) is 6.61 Å². The van der Waals surface area contributed by atoms with Gasteiger partial charge in [-0.1, -0.05) is 32.6 Å². The molecule has 21 heavy (non-hydrogen) atoms. The van der Waals surface area contributed by atoms with Crippen molar-refractivity contribution in [3.63, 3.8) is 0 Å². The summed E-state index contributed by atoms with van der Waals surface area (Å²) >= 11 is 3.49. The first kappa shape index (κ1) is 16.3. The lowest BCUT2D eigenvalue weighted by Crippen LogP contribution is -2.36. The zero-order chi connectivity index (χ0) is 15.1. The van der Waals surface area contributed by atoms with Crippen LogP contribution >= 0.6 is 15.9 Å². The average Bonchev–Trinajstić information content (AvgIpc) is 2.50. The fraction of sp³-hybridized carbons (Fsp3) is 0.588. The molecule has 1 amide bonds. The minimum atomic E-state index is 0.0164. The van der Waals surface area contributed by atoms with Crippen molar-refractivity contribution < 1.29 is 9.53 Å². The van der Waals surface area contributed by atoms with E-state index >= 15 is 0 Å². The zero-order valence-electron chi connectivity index (χ0n) is 12.7. The fourth-order valence-electron chi connectivity index (χ4n) is 2.60. The summed E-state index contributed by atoms with van der Waals surface area (Å²) in [6.07, 6.45) is 8.09. The molecular weight excluding hydrogens is 330 g/mol. The first-order valence-corrected chi connectivity index (χ1v) is 8.73. The van der Waals surface area contributed by atoms with Gasteiger partial charge in [0.2, 0.25) is 0 Å². The number of carbonyl (C=O) groups excluding carboxylic acids is 1. The number of benzene rings is 1. The monoisotopic (exact) mass is 353 g/mol. The number of rotatable bonds is 6. The van der Waals surface area contributed by atoms with Gasteiger partial charge in [0, 0.05) is 11.6 Å². The van der Waals surface area contributed by atoms with Crippen molar-refractivity contribution in [2.24, 2.45) is 0 Å². The maximum absolute atomic E-state index is 12.3. The molecule has 0 radical (unpaired) electrons. The Labute approximate surface area is 135 Å². The van der Waals surface area contributed by atoms with Crippen molar-refractivity contribution in [1.29, 1.82) is 0 Å². The molecule has 0 heterocycles. The molecule has 1 N–H and O–H groups in total. The van der Waals surface area contributed by atoms with Crippen molar-refractivity contribution >= 4 is 21.8 Å². The van der Waals surface area contributed by atoms with E-state index in [0.717, 1.165) is 35.9 Å². The van der Waals surface area contributed by atoms with E-state index in [0.29, 0.717) is 18.2 Å². The molecule has 2 rings (SSSR count). The number of hydrogen-bond acceptors (Lipinski definition) is 2. The van der Waals surface area contributed by atoms with Crippen LogP contribution in [-0.2, 0) is 0 Å². The van der Waals surface area contributed by atoms with E-state index in [2.05, 4.69) is 28.2 Å². The van der Waals surface area contributed by atoms with Crippen LogP contribution in [0.3, 0.4) is 0 Å². The number of carbonyl (C=O) groups is 1. The maximum Gasteiger partial charge on any atom is 0.251 e. The molecule has 1 aliphatic rings.